The van der Waals surface area contributed by atoms with Crippen molar-refractivity contribution in [1.29, 1.82) is 0 Å². The molecule has 1 spiro atoms. The van der Waals surface area contributed by atoms with Gasteiger partial charge in [0.25, 0.3) is 0 Å². The van der Waals surface area contributed by atoms with E-state index in [0.29, 0.717) is 41.8 Å². The quantitative estimate of drug-likeness (QED) is 0.656. The van der Waals surface area contributed by atoms with E-state index in [1.54, 1.807) is 30.2 Å². The average molecular weight is 464 g/mol. The molecular formula is C25H24N2O7. The zero-order chi connectivity index (χ0) is 23.4. The van der Waals surface area contributed by atoms with Gasteiger partial charge in [0, 0.05) is 18.3 Å². The topological polar surface area (TPSA) is 95.6 Å². The molecule has 2 fully saturated rings. The molecule has 3 unspecified atom stereocenters. The molecule has 0 aromatic heterocycles. The Kier molecular flexibility index (Phi) is 4.70. The number of likely N-dealkylation sites (tertiary alicyclic amines) is 1. The number of carbonyl (C=O) groups excluding carboxylic acids is 2. The Hall–Kier alpha value is -3.72. The SMILES string of the molecule is COc1ccc(NC(=O)C2C3C=C[C@]4(CN(Cc5ccc6c(c5)OCO6)C(=O)C24)O3)cc1OC. The van der Waals surface area contributed by atoms with E-state index in [-0.39, 0.29) is 18.6 Å². The van der Waals surface area contributed by atoms with E-state index in [1.165, 1.54) is 7.11 Å². The van der Waals surface area contributed by atoms with Crippen molar-refractivity contribution in [3.8, 4) is 23.0 Å². The Morgan fingerprint density at radius 3 is 2.76 bits per heavy atom. The number of nitrogens with one attached hydrogen (secondary N) is 1. The van der Waals surface area contributed by atoms with Crippen LogP contribution in [-0.2, 0) is 20.9 Å². The lowest BCUT2D eigenvalue weighted by Gasteiger charge is -2.23. The summed E-state index contributed by atoms with van der Waals surface area (Å²) in [7, 11) is 3.09. The number of fused-ring (bicyclic) bond motifs is 2. The highest BCUT2D eigenvalue weighted by Gasteiger charge is 2.66. The number of amides is 2. The van der Waals surface area contributed by atoms with Gasteiger partial charge in [-0.2, -0.15) is 0 Å². The van der Waals surface area contributed by atoms with E-state index < -0.39 is 23.5 Å². The molecule has 9 heteroatoms. The van der Waals surface area contributed by atoms with Crippen molar-refractivity contribution in [3.05, 3.63) is 54.1 Å². The summed E-state index contributed by atoms with van der Waals surface area (Å²) in [6.07, 6.45) is 3.41. The summed E-state index contributed by atoms with van der Waals surface area (Å²) in [6.45, 7) is 1.00. The van der Waals surface area contributed by atoms with Gasteiger partial charge in [-0.05, 0) is 29.8 Å². The molecule has 2 saturated heterocycles. The number of anilines is 1. The third-order valence-electron chi connectivity index (χ3n) is 6.94. The fraction of sp³-hybridized carbons (Fsp3) is 0.360. The van der Waals surface area contributed by atoms with Crippen LogP contribution in [0.15, 0.2) is 48.6 Å². The predicted molar refractivity (Wildman–Crippen MR) is 120 cm³/mol. The number of benzene rings is 2. The van der Waals surface area contributed by atoms with E-state index in [2.05, 4.69) is 5.32 Å². The summed E-state index contributed by atoms with van der Waals surface area (Å²) in [5.41, 5.74) is 0.711. The van der Waals surface area contributed by atoms with Crippen molar-refractivity contribution < 1.29 is 33.3 Å². The van der Waals surface area contributed by atoms with Crippen LogP contribution in [0.3, 0.4) is 0 Å². The van der Waals surface area contributed by atoms with Gasteiger partial charge in [-0.1, -0.05) is 18.2 Å². The predicted octanol–water partition coefficient (Wildman–Crippen LogP) is 2.35. The molecule has 0 radical (unpaired) electrons. The van der Waals surface area contributed by atoms with E-state index in [9.17, 15) is 9.59 Å². The van der Waals surface area contributed by atoms with Gasteiger partial charge in [-0.25, -0.2) is 0 Å². The molecule has 4 aliphatic rings. The second-order valence-electron chi connectivity index (χ2n) is 8.84. The minimum atomic E-state index is -0.780. The van der Waals surface area contributed by atoms with Crippen molar-refractivity contribution >= 4 is 17.5 Å². The Morgan fingerprint density at radius 1 is 1.12 bits per heavy atom. The fourth-order valence-electron chi connectivity index (χ4n) is 5.41. The number of methoxy groups -OCH3 is 2. The number of hydrogen-bond donors (Lipinski definition) is 1. The van der Waals surface area contributed by atoms with Crippen LogP contribution < -0.4 is 24.3 Å². The second-order valence-corrected chi connectivity index (χ2v) is 8.84. The second kappa shape index (κ2) is 7.66. The van der Waals surface area contributed by atoms with Gasteiger partial charge in [0.1, 0.15) is 5.60 Å². The van der Waals surface area contributed by atoms with Gasteiger partial charge in [0.15, 0.2) is 23.0 Å². The number of carbonyl (C=O) groups is 2. The molecule has 0 saturated carbocycles. The first-order valence-electron chi connectivity index (χ1n) is 11.1. The lowest BCUT2D eigenvalue weighted by Crippen LogP contribution is -2.41. The highest BCUT2D eigenvalue weighted by Crippen LogP contribution is 2.52. The minimum Gasteiger partial charge on any atom is -0.493 e. The number of rotatable bonds is 6. The first kappa shape index (κ1) is 20.9. The van der Waals surface area contributed by atoms with Crippen LogP contribution in [0.1, 0.15) is 5.56 Å². The molecule has 34 heavy (non-hydrogen) atoms. The maximum atomic E-state index is 13.5. The summed E-state index contributed by atoms with van der Waals surface area (Å²) in [5.74, 6) is 0.909. The van der Waals surface area contributed by atoms with Gasteiger partial charge in [0.05, 0.1) is 38.7 Å². The first-order valence-corrected chi connectivity index (χ1v) is 11.1. The van der Waals surface area contributed by atoms with Crippen LogP contribution in [0.25, 0.3) is 0 Å². The van der Waals surface area contributed by atoms with Crippen molar-refractivity contribution in [2.45, 2.75) is 18.2 Å². The molecule has 6 rings (SSSR count). The van der Waals surface area contributed by atoms with E-state index in [4.69, 9.17) is 23.7 Å². The van der Waals surface area contributed by atoms with Crippen LogP contribution in [0.4, 0.5) is 5.69 Å². The lowest BCUT2D eigenvalue weighted by atomic mass is 9.77. The van der Waals surface area contributed by atoms with Crippen LogP contribution in [0, 0.1) is 11.8 Å². The monoisotopic (exact) mass is 464 g/mol. The Balaban J connectivity index is 1.21. The Morgan fingerprint density at radius 2 is 1.94 bits per heavy atom. The summed E-state index contributed by atoms with van der Waals surface area (Å²) in [6, 6.07) is 10.8. The molecule has 176 valence electrons. The normalized spacial score (nSPS) is 27.8. The third-order valence-corrected chi connectivity index (χ3v) is 6.94. The summed E-state index contributed by atoms with van der Waals surface area (Å²) in [4.78, 5) is 28.6. The van der Waals surface area contributed by atoms with Gasteiger partial charge in [-0.3, -0.25) is 9.59 Å². The zero-order valence-corrected chi connectivity index (χ0v) is 18.8. The van der Waals surface area contributed by atoms with Crippen LogP contribution in [-0.4, -0.2) is 56.0 Å². The van der Waals surface area contributed by atoms with Gasteiger partial charge < -0.3 is 33.9 Å². The van der Waals surface area contributed by atoms with Crippen molar-refractivity contribution in [1.82, 2.24) is 4.90 Å². The molecule has 2 bridgehead atoms. The van der Waals surface area contributed by atoms with Crippen LogP contribution >= 0.6 is 0 Å². The number of nitrogens with zero attached hydrogens (tertiary/aromatic N) is 1. The highest BCUT2D eigenvalue weighted by atomic mass is 16.7. The molecule has 2 aromatic rings. The van der Waals surface area contributed by atoms with Crippen molar-refractivity contribution in [2.24, 2.45) is 11.8 Å². The molecule has 2 amide bonds. The number of hydrogen-bond acceptors (Lipinski definition) is 7. The van der Waals surface area contributed by atoms with Crippen molar-refractivity contribution in [3.63, 3.8) is 0 Å². The molecule has 4 atom stereocenters. The Labute approximate surface area is 196 Å². The van der Waals surface area contributed by atoms with E-state index >= 15 is 0 Å². The molecule has 4 aliphatic heterocycles. The largest absolute Gasteiger partial charge is 0.493 e. The Bertz CT molecular complexity index is 1210. The zero-order valence-electron chi connectivity index (χ0n) is 18.8. The first-order chi connectivity index (χ1) is 16.5. The maximum absolute atomic E-state index is 13.5. The van der Waals surface area contributed by atoms with Gasteiger partial charge >= 0.3 is 0 Å². The maximum Gasteiger partial charge on any atom is 0.231 e. The van der Waals surface area contributed by atoms with E-state index in [1.807, 2.05) is 30.4 Å². The summed E-state index contributed by atoms with van der Waals surface area (Å²) < 4.78 is 27.6. The molecule has 4 heterocycles. The summed E-state index contributed by atoms with van der Waals surface area (Å²) >= 11 is 0. The molecule has 9 nitrogen and oxygen atoms in total. The smallest absolute Gasteiger partial charge is 0.231 e. The number of ether oxygens (including phenoxy) is 5. The average Bonchev–Trinajstić information content (AvgIpc) is 3.60. The van der Waals surface area contributed by atoms with Gasteiger partial charge in [-0.15, -0.1) is 0 Å². The lowest BCUT2D eigenvalue weighted by molar-refractivity contribution is -0.136. The molecule has 1 N–H and O–H groups in total. The molecule has 0 aliphatic carbocycles. The van der Waals surface area contributed by atoms with Crippen LogP contribution in [0.2, 0.25) is 0 Å². The van der Waals surface area contributed by atoms with E-state index in [0.717, 1.165) is 5.56 Å². The van der Waals surface area contributed by atoms with Crippen LogP contribution in [0.5, 0.6) is 23.0 Å². The van der Waals surface area contributed by atoms with Crippen molar-refractivity contribution in [2.75, 3.05) is 32.9 Å². The molecular weight excluding hydrogens is 440 g/mol. The summed E-state index contributed by atoms with van der Waals surface area (Å²) in [5, 5.41) is 2.93. The minimum absolute atomic E-state index is 0.0861. The van der Waals surface area contributed by atoms with Gasteiger partial charge in [0.2, 0.25) is 18.6 Å². The highest BCUT2D eigenvalue weighted by molar-refractivity contribution is 5.99. The molecule has 2 aromatic carbocycles. The fourth-order valence-corrected chi connectivity index (χ4v) is 5.41. The standard InChI is InChI=1S/C25H24N2O7/c1-30-16-6-4-15(10-19(16)31-2)26-23(28)21-18-7-8-25(34-18)12-27(24(29)22(21)25)11-14-3-5-17-20(9-14)33-13-32-17/h3-10,18,21-22H,11-13H2,1-2H3,(H,26,28)/t18?,21?,22?,25-/m1/s1. The third kappa shape index (κ3) is 3.11.